The van der Waals surface area contributed by atoms with Gasteiger partial charge in [-0.2, -0.15) is 9.90 Å². The van der Waals surface area contributed by atoms with E-state index in [4.69, 9.17) is 0 Å². The molecular formula is C17H19N5O2. The first-order chi connectivity index (χ1) is 11.6. The largest absolute Gasteiger partial charge is 0.294 e. The zero-order valence-corrected chi connectivity index (χ0v) is 13.6. The molecule has 2 heterocycles. The number of aryl methyl sites for hydroxylation is 1. The maximum absolute atomic E-state index is 12.9. The standard InChI is InChI=1S/C17H19N5O2/c1-12-15(19-22(18-12)14-6-3-2-4-7-14)17(24)21-11-5-10-20(21)16(23)13-8-9-13/h2-4,6-7,13H,5,8-11H2,1H3. The van der Waals surface area contributed by atoms with Crippen LogP contribution in [0.5, 0.6) is 0 Å². The Labute approximate surface area is 139 Å². The molecule has 0 bridgehead atoms. The summed E-state index contributed by atoms with van der Waals surface area (Å²) in [5, 5.41) is 11.8. The first-order valence-corrected chi connectivity index (χ1v) is 8.27. The first kappa shape index (κ1) is 14.9. The predicted molar refractivity (Wildman–Crippen MR) is 86.2 cm³/mol. The second-order valence-corrected chi connectivity index (χ2v) is 6.28. The Morgan fingerprint density at radius 3 is 2.46 bits per heavy atom. The molecule has 2 fully saturated rings. The van der Waals surface area contributed by atoms with E-state index in [0.717, 1.165) is 24.9 Å². The van der Waals surface area contributed by atoms with E-state index in [-0.39, 0.29) is 17.7 Å². The molecule has 7 nitrogen and oxygen atoms in total. The predicted octanol–water partition coefficient (Wildman–Crippen LogP) is 1.58. The highest BCUT2D eigenvalue weighted by molar-refractivity contribution is 5.95. The van der Waals surface area contributed by atoms with E-state index in [1.165, 1.54) is 9.81 Å². The van der Waals surface area contributed by atoms with Crippen LogP contribution in [0.3, 0.4) is 0 Å². The second kappa shape index (κ2) is 5.74. The molecule has 0 spiro atoms. The lowest BCUT2D eigenvalue weighted by Gasteiger charge is -2.27. The summed E-state index contributed by atoms with van der Waals surface area (Å²) in [6, 6.07) is 9.47. The third kappa shape index (κ3) is 2.55. The van der Waals surface area contributed by atoms with Gasteiger partial charge in [0.2, 0.25) is 5.91 Å². The van der Waals surface area contributed by atoms with Gasteiger partial charge in [0, 0.05) is 19.0 Å². The van der Waals surface area contributed by atoms with Crippen LogP contribution in [0.1, 0.15) is 35.4 Å². The molecule has 0 radical (unpaired) electrons. The fourth-order valence-electron chi connectivity index (χ4n) is 2.97. The molecule has 1 aromatic heterocycles. The Morgan fingerprint density at radius 1 is 1.04 bits per heavy atom. The number of carbonyl (C=O) groups is 2. The molecule has 0 atom stereocenters. The number of aromatic nitrogens is 3. The van der Waals surface area contributed by atoms with Crippen molar-refractivity contribution in [1.82, 2.24) is 25.0 Å². The molecule has 24 heavy (non-hydrogen) atoms. The molecule has 1 saturated heterocycles. The Bertz CT molecular complexity index is 782. The Morgan fingerprint density at radius 2 is 1.75 bits per heavy atom. The van der Waals surface area contributed by atoms with Crippen LogP contribution in [0.25, 0.3) is 5.69 Å². The van der Waals surface area contributed by atoms with Crippen LogP contribution < -0.4 is 0 Å². The Balaban J connectivity index is 1.60. The molecule has 7 heteroatoms. The first-order valence-electron chi connectivity index (χ1n) is 8.27. The summed E-state index contributed by atoms with van der Waals surface area (Å²) in [6.07, 6.45) is 2.66. The average molecular weight is 325 g/mol. The van der Waals surface area contributed by atoms with Crippen molar-refractivity contribution in [3.05, 3.63) is 41.7 Å². The summed E-state index contributed by atoms with van der Waals surface area (Å²) in [5.41, 5.74) is 1.66. The fraction of sp³-hybridized carbons (Fsp3) is 0.412. The van der Waals surface area contributed by atoms with E-state index < -0.39 is 0 Å². The Kier molecular flexibility index (Phi) is 3.55. The van der Waals surface area contributed by atoms with Crippen LogP contribution in [0.2, 0.25) is 0 Å². The van der Waals surface area contributed by atoms with Crippen LogP contribution >= 0.6 is 0 Å². The van der Waals surface area contributed by atoms with Gasteiger partial charge in [-0.3, -0.25) is 14.6 Å². The Hall–Kier alpha value is -2.70. The number of para-hydroxylation sites is 1. The van der Waals surface area contributed by atoms with Crippen molar-refractivity contribution in [3.63, 3.8) is 0 Å². The molecule has 0 unspecified atom stereocenters. The highest BCUT2D eigenvalue weighted by Gasteiger charge is 2.40. The average Bonchev–Trinajstić information content (AvgIpc) is 3.21. The third-order valence-corrected chi connectivity index (χ3v) is 4.42. The summed E-state index contributed by atoms with van der Waals surface area (Å²) in [7, 11) is 0. The monoisotopic (exact) mass is 325 g/mol. The number of hydrogen-bond donors (Lipinski definition) is 0. The van der Waals surface area contributed by atoms with Gasteiger partial charge in [0.15, 0.2) is 5.69 Å². The molecule has 4 rings (SSSR count). The quantitative estimate of drug-likeness (QED) is 0.859. The summed E-state index contributed by atoms with van der Waals surface area (Å²) in [4.78, 5) is 26.7. The van der Waals surface area contributed by atoms with Crippen LogP contribution in [-0.2, 0) is 4.79 Å². The highest BCUT2D eigenvalue weighted by atomic mass is 16.2. The van der Waals surface area contributed by atoms with Gasteiger partial charge in [-0.05, 0) is 38.3 Å². The van der Waals surface area contributed by atoms with E-state index in [1.807, 2.05) is 30.3 Å². The summed E-state index contributed by atoms with van der Waals surface area (Å²) in [5.74, 6) is -0.0883. The molecule has 1 aromatic carbocycles. The highest BCUT2D eigenvalue weighted by Crippen LogP contribution is 2.32. The van der Waals surface area contributed by atoms with E-state index in [0.29, 0.717) is 24.5 Å². The smallest absolute Gasteiger partial charge is 0.273 e. The lowest BCUT2D eigenvalue weighted by molar-refractivity contribution is -0.141. The van der Waals surface area contributed by atoms with Crippen molar-refractivity contribution in [3.8, 4) is 5.69 Å². The van der Waals surface area contributed by atoms with Crippen LogP contribution in [0, 0.1) is 12.8 Å². The van der Waals surface area contributed by atoms with Crippen LogP contribution in [0.4, 0.5) is 0 Å². The van der Waals surface area contributed by atoms with Crippen molar-refractivity contribution in [2.24, 2.45) is 5.92 Å². The lowest BCUT2D eigenvalue weighted by atomic mass is 10.3. The summed E-state index contributed by atoms with van der Waals surface area (Å²) in [6.45, 7) is 2.92. The van der Waals surface area contributed by atoms with E-state index in [2.05, 4.69) is 10.2 Å². The van der Waals surface area contributed by atoms with Crippen molar-refractivity contribution >= 4 is 11.8 Å². The summed E-state index contributed by atoms with van der Waals surface area (Å²) >= 11 is 0. The number of rotatable bonds is 3. The number of amides is 2. The fourth-order valence-corrected chi connectivity index (χ4v) is 2.97. The lowest BCUT2D eigenvalue weighted by Crippen LogP contribution is -2.45. The van der Waals surface area contributed by atoms with Gasteiger partial charge in [-0.1, -0.05) is 18.2 Å². The number of benzene rings is 1. The molecule has 1 aliphatic heterocycles. The molecule has 2 amide bonds. The molecule has 2 aromatic rings. The number of hydrazine groups is 1. The number of nitrogens with zero attached hydrogens (tertiary/aromatic N) is 5. The summed E-state index contributed by atoms with van der Waals surface area (Å²) < 4.78 is 0. The van der Waals surface area contributed by atoms with Gasteiger partial charge in [-0.15, -0.1) is 5.10 Å². The van der Waals surface area contributed by atoms with Crippen LogP contribution in [0.15, 0.2) is 30.3 Å². The van der Waals surface area contributed by atoms with Gasteiger partial charge in [0.05, 0.1) is 11.4 Å². The van der Waals surface area contributed by atoms with Crippen molar-refractivity contribution < 1.29 is 9.59 Å². The van der Waals surface area contributed by atoms with E-state index in [1.54, 1.807) is 11.9 Å². The maximum Gasteiger partial charge on any atom is 0.294 e. The van der Waals surface area contributed by atoms with Gasteiger partial charge < -0.3 is 0 Å². The third-order valence-electron chi connectivity index (χ3n) is 4.42. The minimum Gasteiger partial charge on any atom is -0.273 e. The zero-order valence-electron chi connectivity index (χ0n) is 13.6. The van der Waals surface area contributed by atoms with Crippen molar-refractivity contribution in [1.29, 1.82) is 0 Å². The number of hydrogen-bond acceptors (Lipinski definition) is 4. The topological polar surface area (TPSA) is 71.3 Å². The van der Waals surface area contributed by atoms with E-state index in [9.17, 15) is 9.59 Å². The van der Waals surface area contributed by atoms with Crippen LogP contribution in [-0.4, -0.2) is 49.9 Å². The number of carbonyl (C=O) groups excluding carboxylic acids is 2. The molecule has 124 valence electrons. The van der Waals surface area contributed by atoms with Gasteiger partial charge in [-0.25, -0.2) is 5.01 Å². The second-order valence-electron chi connectivity index (χ2n) is 6.28. The molecule has 2 aliphatic rings. The minimum atomic E-state index is -0.249. The molecule has 1 saturated carbocycles. The molecule has 1 aliphatic carbocycles. The molecular weight excluding hydrogens is 306 g/mol. The minimum absolute atomic E-state index is 0.0638. The van der Waals surface area contributed by atoms with E-state index >= 15 is 0 Å². The molecule has 0 N–H and O–H groups in total. The maximum atomic E-state index is 12.9. The zero-order chi connectivity index (χ0) is 16.7. The van der Waals surface area contributed by atoms with Gasteiger partial charge in [0.1, 0.15) is 0 Å². The normalized spacial score (nSPS) is 17.4. The SMILES string of the molecule is Cc1nn(-c2ccccc2)nc1C(=O)N1CCCN1C(=O)C1CC1. The van der Waals surface area contributed by atoms with Gasteiger partial charge in [0.25, 0.3) is 5.91 Å². The van der Waals surface area contributed by atoms with Gasteiger partial charge >= 0.3 is 0 Å². The van der Waals surface area contributed by atoms with Crippen molar-refractivity contribution in [2.75, 3.05) is 13.1 Å². The van der Waals surface area contributed by atoms with Crippen molar-refractivity contribution in [2.45, 2.75) is 26.2 Å².